The number of aryl methyl sites for hydroxylation is 1. The second kappa shape index (κ2) is 5.10. The van der Waals surface area contributed by atoms with Crippen LogP contribution in [0.25, 0.3) is 0 Å². The van der Waals surface area contributed by atoms with Crippen molar-refractivity contribution in [1.82, 2.24) is 15.0 Å². The first kappa shape index (κ1) is 11.8. The summed E-state index contributed by atoms with van der Waals surface area (Å²) in [6, 6.07) is 7.70. The fourth-order valence-corrected chi connectivity index (χ4v) is 1.69. The first-order valence-corrected chi connectivity index (χ1v) is 5.64. The second-order valence-corrected chi connectivity index (χ2v) is 4.21. The van der Waals surface area contributed by atoms with E-state index in [-0.39, 0.29) is 0 Å². The van der Waals surface area contributed by atoms with Gasteiger partial charge in [0.25, 0.3) is 0 Å². The number of anilines is 1. The van der Waals surface area contributed by atoms with Gasteiger partial charge in [0.05, 0.1) is 12.2 Å². The molecule has 0 saturated heterocycles. The summed E-state index contributed by atoms with van der Waals surface area (Å²) in [6.45, 7) is 2.67. The van der Waals surface area contributed by atoms with Crippen molar-refractivity contribution in [3.8, 4) is 0 Å². The Morgan fingerprint density at radius 1 is 1.29 bits per heavy atom. The SMILES string of the molecule is Cc1cccc(CN(C)c2cc(Cl)ncn2)n1. The lowest BCUT2D eigenvalue weighted by atomic mass is 10.3. The monoisotopic (exact) mass is 248 g/mol. The Balaban J connectivity index is 2.14. The largest absolute Gasteiger partial charge is 0.354 e. The van der Waals surface area contributed by atoms with Gasteiger partial charge in [0.15, 0.2) is 0 Å². The van der Waals surface area contributed by atoms with Crippen LogP contribution >= 0.6 is 11.6 Å². The Labute approximate surface area is 105 Å². The highest BCUT2D eigenvalue weighted by molar-refractivity contribution is 6.29. The van der Waals surface area contributed by atoms with Crippen LogP contribution in [0.2, 0.25) is 5.15 Å². The average Bonchev–Trinajstić information content (AvgIpc) is 2.29. The molecule has 0 aliphatic carbocycles. The van der Waals surface area contributed by atoms with Crippen molar-refractivity contribution < 1.29 is 0 Å². The molecule has 4 nitrogen and oxygen atoms in total. The molecular weight excluding hydrogens is 236 g/mol. The van der Waals surface area contributed by atoms with Gasteiger partial charge in [-0.3, -0.25) is 4.98 Å². The smallest absolute Gasteiger partial charge is 0.134 e. The predicted octanol–water partition coefficient (Wildman–Crippen LogP) is 2.47. The fraction of sp³-hybridized carbons (Fsp3) is 0.250. The summed E-state index contributed by atoms with van der Waals surface area (Å²) in [6.07, 6.45) is 1.46. The lowest BCUT2D eigenvalue weighted by Crippen LogP contribution is -2.18. The van der Waals surface area contributed by atoms with E-state index in [0.717, 1.165) is 17.2 Å². The van der Waals surface area contributed by atoms with Crippen LogP contribution in [0.3, 0.4) is 0 Å². The van der Waals surface area contributed by atoms with Crippen LogP contribution in [-0.2, 0) is 6.54 Å². The zero-order chi connectivity index (χ0) is 12.3. The molecule has 2 aromatic heterocycles. The van der Waals surface area contributed by atoms with Gasteiger partial charge in [-0.05, 0) is 19.1 Å². The molecule has 0 amide bonds. The topological polar surface area (TPSA) is 41.9 Å². The minimum absolute atomic E-state index is 0.444. The molecule has 2 heterocycles. The maximum absolute atomic E-state index is 5.82. The van der Waals surface area contributed by atoms with E-state index in [1.54, 1.807) is 6.07 Å². The number of pyridine rings is 1. The van der Waals surface area contributed by atoms with Crippen molar-refractivity contribution in [1.29, 1.82) is 0 Å². The van der Waals surface area contributed by atoms with Gasteiger partial charge < -0.3 is 4.90 Å². The molecule has 0 unspecified atom stereocenters. The summed E-state index contributed by atoms with van der Waals surface area (Å²) in [5.41, 5.74) is 2.01. The molecule has 0 aliphatic heterocycles. The highest BCUT2D eigenvalue weighted by Gasteiger charge is 2.05. The molecule has 0 saturated carbocycles. The highest BCUT2D eigenvalue weighted by Crippen LogP contribution is 2.14. The quantitative estimate of drug-likeness (QED) is 0.783. The van der Waals surface area contributed by atoms with E-state index < -0.39 is 0 Å². The van der Waals surface area contributed by atoms with Gasteiger partial charge in [0, 0.05) is 18.8 Å². The summed E-state index contributed by atoms with van der Waals surface area (Å²) in [5.74, 6) is 0.785. The van der Waals surface area contributed by atoms with Crippen LogP contribution in [0, 0.1) is 6.92 Å². The van der Waals surface area contributed by atoms with Crippen LogP contribution in [0.15, 0.2) is 30.6 Å². The molecule has 0 atom stereocenters. The minimum Gasteiger partial charge on any atom is -0.354 e. The van der Waals surface area contributed by atoms with Crippen molar-refractivity contribution in [2.75, 3.05) is 11.9 Å². The Hall–Kier alpha value is -1.68. The summed E-state index contributed by atoms with van der Waals surface area (Å²) in [5, 5.41) is 0.444. The number of hydrogen-bond donors (Lipinski definition) is 0. The molecule has 0 aliphatic rings. The molecule has 0 bridgehead atoms. The lowest BCUT2D eigenvalue weighted by Gasteiger charge is -2.17. The lowest BCUT2D eigenvalue weighted by molar-refractivity contribution is 0.855. The molecule has 5 heteroatoms. The van der Waals surface area contributed by atoms with Gasteiger partial charge in [0.1, 0.15) is 17.3 Å². The molecule has 2 aromatic rings. The van der Waals surface area contributed by atoms with Gasteiger partial charge in [-0.2, -0.15) is 0 Å². The Bertz CT molecular complexity index is 515. The molecular formula is C12H13ClN4. The molecule has 88 valence electrons. The summed E-state index contributed by atoms with van der Waals surface area (Å²) < 4.78 is 0. The van der Waals surface area contributed by atoms with E-state index in [1.165, 1.54) is 6.33 Å². The number of halogens is 1. The third-order valence-electron chi connectivity index (χ3n) is 2.36. The second-order valence-electron chi connectivity index (χ2n) is 3.83. The third kappa shape index (κ3) is 3.14. The van der Waals surface area contributed by atoms with E-state index in [2.05, 4.69) is 15.0 Å². The van der Waals surface area contributed by atoms with Gasteiger partial charge in [-0.25, -0.2) is 9.97 Å². The Morgan fingerprint density at radius 3 is 2.82 bits per heavy atom. The molecule has 0 spiro atoms. The number of hydrogen-bond acceptors (Lipinski definition) is 4. The molecule has 0 aromatic carbocycles. The number of nitrogens with zero attached hydrogens (tertiary/aromatic N) is 4. The van der Waals surface area contributed by atoms with Crippen molar-refractivity contribution in [2.45, 2.75) is 13.5 Å². The molecule has 0 radical (unpaired) electrons. The summed E-state index contributed by atoms with van der Waals surface area (Å²) >= 11 is 5.82. The summed E-state index contributed by atoms with van der Waals surface area (Å²) in [4.78, 5) is 14.4. The van der Waals surface area contributed by atoms with Crippen molar-refractivity contribution in [3.05, 3.63) is 47.1 Å². The summed E-state index contributed by atoms with van der Waals surface area (Å²) in [7, 11) is 1.95. The normalized spacial score (nSPS) is 10.3. The number of rotatable bonds is 3. The van der Waals surface area contributed by atoms with Gasteiger partial charge in [-0.15, -0.1) is 0 Å². The van der Waals surface area contributed by atoms with Crippen molar-refractivity contribution >= 4 is 17.4 Å². The van der Waals surface area contributed by atoms with Crippen LogP contribution in [0.5, 0.6) is 0 Å². The highest BCUT2D eigenvalue weighted by atomic mass is 35.5. The molecule has 0 N–H and O–H groups in total. The van der Waals surface area contributed by atoms with Gasteiger partial charge in [-0.1, -0.05) is 17.7 Å². The van der Waals surface area contributed by atoms with E-state index in [9.17, 15) is 0 Å². The third-order valence-corrected chi connectivity index (χ3v) is 2.56. The van der Waals surface area contributed by atoms with Crippen LogP contribution in [0.1, 0.15) is 11.4 Å². The zero-order valence-electron chi connectivity index (χ0n) is 9.76. The fourth-order valence-electron chi connectivity index (χ4n) is 1.54. The van der Waals surface area contributed by atoms with Gasteiger partial charge in [0.2, 0.25) is 0 Å². The zero-order valence-corrected chi connectivity index (χ0v) is 10.5. The first-order chi connectivity index (χ1) is 8.15. The van der Waals surface area contributed by atoms with E-state index in [0.29, 0.717) is 11.7 Å². The maximum Gasteiger partial charge on any atom is 0.134 e. The van der Waals surface area contributed by atoms with E-state index >= 15 is 0 Å². The van der Waals surface area contributed by atoms with Gasteiger partial charge >= 0.3 is 0 Å². The van der Waals surface area contributed by atoms with Crippen molar-refractivity contribution in [3.63, 3.8) is 0 Å². The molecule has 2 rings (SSSR count). The minimum atomic E-state index is 0.444. The standard InChI is InChI=1S/C12H13ClN4/c1-9-4-3-5-10(16-9)7-17(2)12-6-11(13)14-8-15-12/h3-6,8H,7H2,1-2H3. The maximum atomic E-state index is 5.82. The van der Waals surface area contributed by atoms with Crippen molar-refractivity contribution in [2.24, 2.45) is 0 Å². The Morgan fingerprint density at radius 2 is 2.12 bits per heavy atom. The van der Waals surface area contributed by atoms with E-state index in [1.807, 2.05) is 37.1 Å². The Kier molecular flexibility index (Phi) is 3.54. The average molecular weight is 249 g/mol. The first-order valence-electron chi connectivity index (χ1n) is 5.26. The molecule has 17 heavy (non-hydrogen) atoms. The van der Waals surface area contributed by atoms with E-state index in [4.69, 9.17) is 11.6 Å². The van der Waals surface area contributed by atoms with Crippen LogP contribution in [0.4, 0.5) is 5.82 Å². The number of aromatic nitrogens is 3. The van der Waals surface area contributed by atoms with Crippen LogP contribution in [-0.4, -0.2) is 22.0 Å². The van der Waals surface area contributed by atoms with Crippen LogP contribution < -0.4 is 4.90 Å². The predicted molar refractivity (Wildman–Crippen MR) is 68.1 cm³/mol. The molecule has 0 fully saturated rings.